The second-order valence-electron chi connectivity index (χ2n) is 6.87. The zero-order valence-electron chi connectivity index (χ0n) is 16.3. The Morgan fingerprint density at radius 2 is 1.92 bits per heavy atom. The summed E-state index contributed by atoms with van der Waals surface area (Å²) in [5.41, 5.74) is 1.44. The van der Waals surface area contributed by atoms with Gasteiger partial charge in [-0.25, -0.2) is 4.79 Å². The van der Waals surface area contributed by atoms with Crippen molar-refractivity contribution in [1.29, 1.82) is 0 Å². The summed E-state index contributed by atoms with van der Waals surface area (Å²) in [4.78, 5) is 16.4. The van der Waals surface area contributed by atoms with Crippen molar-refractivity contribution < 1.29 is 9.53 Å². The number of carbonyl (C=O) groups excluding carboxylic acids is 1. The molecule has 5 nitrogen and oxygen atoms in total. The van der Waals surface area contributed by atoms with Crippen LogP contribution in [-0.2, 0) is 4.74 Å². The maximum absolute atomic E-state index is 11.7. The highest BCUT2D eigenvalue weighted by molar-refractivity contribution is 7.80. The molecule has 0 unspecified atom stereocenters. The minimum Gasteiger partial charge on any atom is -0.462 e. The van der Waals surface area contributed by atoms with Crippen LogP contribution in [0.2, 0.25) is 0 Å². The summed E-state index contributed by atoms with van der Waals surface area (Å²) in [6.45, 7) is 8.65. The SMILES string of the molecule is CCOC(=O)c1ccc(NC(=S)N2CCC(N(C)[C@H](C)CC)CC2)cc1. The van der Waals surface area contributed by atoms with Gasteiger partial charge in [0.05, 0.1) is 12.2 Å². The van der Waals surface area contributed by atoms with E-state index >= 15 is 0 Å². The predicted octanol–water partition coefficient (Wildman–Crippen LogP) is 3.75. The molecule has 1 aliphatic rings. The molecule has 1 fully saturated rings. The van der Waals surface area contributed by atoms with Crippen LogP contribution in [0, 0.1) is 0 Å². The number of nitrogens with one attached hydrogen (secondary N) is 1. The van der Waals surface area contributed by atoms with E-state index in [9.17, 15) is 4.79 Å². The number of esters is 1. The number of thiocarbonyl (C=S) groups is 1. The van der Waals surface area contributed by atoms with Crippen LogP contribution in [0.25, 0.3) is 0 Å². The molecule has 26 heavy (non-hydrogen) atoms. The number of carbonyl (C=O) groups is 1. The molecule has 1 aromatic carbocycles. The molecule has 1 aromatic rings. The number of hydrogen-bond acceptors (Lipinski definition) is 4. The molecule has 0 spiro atoms. The Morgan fingerprint density at radius 3 is 2.46 bits per heavy atom. The molecule has 0 aromatic heterocycles. The lowest BCUT2D eigenvalue weighted by Gasteiger charge is -2.40. The zero-order valence-corrected chi connectivity index (χ0v) is 17.1. The first-order chi connectivity index (χ1) is 12.5. The molecule has 0 amide bonds. The average Bonchev–Trinajstić information content (AvgIpc) is 2.67. The normalized spacial score (nSPS) is 16.4. The molecule has 6 heteroatoms. The van der Waals surface area contributed by atoms with E-state index in [-0.39, 0.29) is 5.97 Å². The third kappa shape index (κ3) is 5.42. The number of hydrogen-bond donors (Lipinski definition) is 1. The van der Waals surface area contributed by atoms with Crippen LogP contribution in [0.3, 0.4) is 0 Å². The highest BCUT2D eigenvalue weighted by atomic mass is 32.1. The van der Waals surface area contributed by atoms with E-state index < -0.39 is 0 Å². The maximum Gasteiger partial charge on any atom is 0.338 e. The Bertz CT molecular complexity index is 598. The van der Waals surface area contributed by atoms with Gasteiger partial charge in [-0.3, -0.25) is 0 Å². The van der Waals surface area contributed by atoms with Gasteiger partial charge in [0.1, 0.15) is 0 Å². The third-order valence-electron chi connectivity index (χ3n) is 5.26. The fraction of sp³-hybridized carbons (Fsp3) is 0.600. The Balaban J connectivity index is 1.84. The van der Waals surface area contributed by atoms with E-state index in [4.69, 9.17) is 17.0 Å². The van der Waals surface area contributed by atoms with E-state index in [2.05, 4.69) is 36.0 Å². The molecular weight excluding hydrogens is 346 g/mol. The van der Waals surface area contributed by atoms with Crippen LogP contribution >= 0.6 is 12.2 Å². The van der Waals surface area contributed by atoms with Crippen molar-refractivity contribution in [3.8, 4) is 0 Å². The van der Waals surface area contributed by atoms with Crippen LogP contribution in [-0.4, -0.2) is 59.7 Å². The topological polar surface area (TPSA) is 44.8 Å². The van der Waals surface area contributed by atoms with E-state index in [0.29, 0.717) is 24.3 Å². The molecular formula is C20H31N3O2S. The standard InChI is InChI=1S/C20H31N3O2S/c1-5-15(3)22(4)18-11-13-23(14-12-18)20(26)21-17-9-7-16(8-10-17)19(24)25-6-2/h7-10,15,18H,5-6,11-14H2,1-4H3,(H,21,26)/t15-/m1/s1. The lowest BCUT2D eigenvalue weighted by Crippen LogP contribution is -2.48. The summed E-state index contributed by atoms with van der Waals surface area (Å²) in [5, 5.41) is 4.03. The zero-order chi connectivity index (χ0) is 19.1. The molecule has 1 heterocycles. The molecule has 0 radical (unpaired) electrons. The fourth-order valence-corrected chi connectivity index (χ4v) is 3.53. The number of benzene rings is 1. The van der Waals surface area contributed by atoms with Gasteiger partial charge in [-0.2, -0.15) is 0 Å². The lowest BCUT2D eigenvalue weighted by atomic mass is 10.0. The Labute approximate surface area is 162 Å². The lowest BCUT2D eigenvalue weighted by molar-refractivity contribution is 0.0526. The Kier molecular flexibility index (Phi) is 7.85. The largest absolute Gasteiger partial charge is 0.462 e. The molecule has 2 rings (SSSR count). The van der Waals surface area contributed by atoms with Crippen LogP contribution in [0.15, 0.2) is 24.3 Å². The molecule has 0 bridgehead atoms. The monoisotopic (exact) mass is 377 g/mol. The van der Waals surface area contributed by atoms with Crippen LogP contribution in [0.1, 0.15) is 50.4 Å². The third-order valence-corrected chi connectivity index (χ3v) is 5.62. The minimum atomic E-state index is -0.297. The van der Waals surface area contributed by atoms with E-state index in [1.807, 2.05) is 12.1 Å². The first-order valence-corrected chi connectivity index (χ1v) is 9.92. The second kappa shape index (κ2) is 9.88. The van der Waals surface area contributed by atoms with Crippen molar-refractivity contribution in [3.63, 3.8) is 0 Å². The van der Waals surface area contributed by atoms with Crippen molar-refractivity contribution in [2.75, 3.05) is 32.1 Å². The summed E-state index contributed by atoms with van der Waals surface area (Å²) >= 11 is 5.57. The number of rotatable bonds is 6. The highest BCUT2D eigenvalue weighted by Gasteiger charge is 2.25. The molecule has 144 valence electrons. The Morgan fingerprint density at radius 1 is 1.31 bits per heavy atom. The second-order valence-corrected chi connectivity index (χ2v) is 7.26. The first-order valence-electron chi connectivity index (χ1n) is 9.51. The molecule has 1 atom stereocenters. The maximum atomic E-state index is 11.7. The van der Waals surface area contributed by atoms with Crippen molar-refractivity contribution >= 4 is 29.0 Å². The van der Waals surface area contributed by atoms with Crippen molar-refractivity contribution in [2.45, 2.75) is 52.1 Å². The van der Waals surface area contributed by atoms with Gasteiger partial charge in [0, 0.05) is 30.9 Å². The van der Waals surface area contributed by atoms with Crippen molar-refractivity contribution in [3.05, 3.63) is 29.8 Å². The van der Waals surface area contributed by atoms with Gasteiger partial charge in [-0.05, 0) is 76.6 Å². The van der Waals surface area contributed by atoms with E-state index in [0.717, 1.165) is 36.7 Å². The Hall–Kier alpha value is -1.66. The van der Waals surface area contributed by atoms with Gasteiger partial charge >= 0.3 is 5.97 Å². The quantitative estimate of drug-likeness (QED) is 0.602. The van der Waals surface area contributed by atoms with E-state index in [1.54, 1.807) is 19.1 Å². The van der Waals surface area contributed by atoms with E-state index in [1.165, 1.54) is 6.42 Å². The van der Waals surface area contributed by atoms with Crippen molar-refractivity contribution in [1.82, 2.24) is 9.80 Å². The van der Waals surface area contributed by atoms with Gasteiger partial charge in [0.15, 0.2) is 5.11 Å². The van der Waals surface area contributed by atoms with Crippen LogP contribution in [0.4, 0.5) is 5.69 Å². The number of piperidine rings is 1. The summed E-state index contributed by atoms with van der Waals surface area (Å²) in [6, 6.07) is 8.50. The summed E-state index contributed by atoms with van der Waals surface area (Å²) < 4.78 is 5.00. The number of anilines is 1. The molecule has 0 aliphatic carbocycles. The molecule has 0 saturated carbocycles. The minimum absolute atomic E-state index is 0.297. The molecule has 1 N–H and O–H groups in total. The summed E-state index contributed by atoms with van der Waals surface area (Å²) in [6.07, 6.45) is 3.44. The van der Waals surface area contributed by atoms with Gasteiger partial charge in [0.25, 0.3) is 0 Å². The summed E-state index contributed by atoms with van der Waals surface area (Å²) in [5.74, 6) is -0.297. The number of nitrogens with zero attached hydrogens (tertiary/aromatic N) is 2. The van der Waals surface area contributed by atoms with Crippen LogP contribution in [0.5, 0.6) is 0 Å². The average molecular weight is 378 g/mol. The number of ether oxygens (including phenoxy) is 1. The van der Waals surface area contributed by atoms with Crippen LogP contribution < -0.4 is 5.32 Å². The predicted molar refractivity (Wildman–Crippen MR) is 111 cm³/mol. The first kappa shape index (κ1) is 20.6. The summed E-state index contributed by atoms with van der Waals surface area (Å²) in [7, 11) is 2.23. The molecule has 1 saturated heterocycles. The highest BCUT2D eigenvalue weighted by Crippen LogP contribution is 2.20. The smallest absolute Gasteiger partial charge is 0.338 e. The number of likely N-dealkylation sites (tertiary alicyclic amines) is 1. The van der Waals surface area contributed by atoms with Gasteiger partial charge in [-0.1, -0.05) is 6.92 Å². The van der Waals surface area contributed by atoms with Crippen molar-refractivity contribution in [2.24, 2.45) is 0 Å². The molecule has 1 aliphatic heterocycles. The van der Waals surface area contributed by atoms with Gasteiger partial charge in [-0.15, -0.1) is 0 Å². The van der Waals surface area contributed by atoms with Gasteiger partial charge < -0.3 is 19.9 Å². The fourth-order valence-electron chi connectivity index (χ4n) is 3.23. The van der Waals surface area contributed by atoms with Gasteiger partial charge in [0.2, 0.25) is 0 Å².